The molecule has 3 rings (SSSR count). The number of morpholine rings is 1. The van der Waals surface area contributed by atoms with E-state index in [1.54, 1.807) is 19.2 Å². The molecule has 1 heterocycles. The van der Waals surface area contributed by atoms with Crippen LogP contribution in [0.2, 0.25) is 0 Å². The van der Waals surface area contributed by atoms with Crippen molar-refractivity contribution in [1.29, 1.82) is 0 Å². The minimum Gasteiger partial charge on any atom is -0.497 e. The van der Waals surface area contributed by atoms with Crippen LogP contribution in [0, 0.1) is 5.82 Å². The van der Waals surface area contributed by atoms with Crippen LogP contribution in [0.5, 0.6) is 5.75 Å². The second-order valence-electron chi connectivity index (χ2n) is 5.83. The van der Waals surface area contributed by atoms with Gasteiger partial charge in [-0.2, -0.15) is 0 Å². The van der Waals surface area contributed by atoms with E-state index in [2.05, 4.69) is 10.6 Å². The van der Waals surface area contributed by atoms with Crippen molar-refractivity contribution in [3.8, 4) is 5.75 Å². The van der Waals surface area contributed by atoms with Crippen LogP contribution in [-0.2, 0) is 9.53 Å². The number of nitrogens with one attached hydrogen (secondary N) is 2. The molecule has 2 aromatic carbocycles. The molecule has 5 nitrogen and oxygen atoms in total. The van der Waals surface area contributed by atoms with Crippen molar-refractivity contribution in [2.24, 2.45) is 0 Å². The van der Waals surface area contributed by atoms with E-state index in [9.17, 15) is 9.18 Å². The Morgan fingerprint density at radius 1 is 1.20 bits per heavy atom. The van der Waals surface area contributed by atoms with Gasteiger partial charge in [-0.3, -0.25) is 4.79 Å². The standard InChI is InChI=1S/C19H21FN2O3/c1-24-16-8-4-14(5-9-16)18(13-2-6-15(20)7-3-13)22-19(23)17-12-21-10-11-25-17/h2-9,17-18,21H,10-12H2,1H3,(H,22,23). The molecule has 1 aliphatic rings. The van der Waals surface area contributed by atoms with Crippen LogP contribution in [0.15, 0.2) is 48.5 Å². The van der Waals surface area contributed by atoms with Gasteiger partial charge in [-0.25, -0.2) is 4.39 Å². The predicted octanol–water partition coefficient (Wildman–Crippen LogP) is 2.03. The molecule has 132 valence electrons. The molecule has 2 N–H and O–H groups in total. The Kier molecular flexibility index (Phi) is 5.63. The van der Waals surface area contributed by atoms with Gasteiger partial charge in [0.1, 0.15) is 17.7 Å². The fourth-order valence-corrected chi connectivity index (χ4v) is 2.78. The summed E-state index contributed by atoms with van der Waals surface area (Å²) in [7, 11) is 1.60. The zero-order valence-corrected chi connectivity index (χ0v) is 14.0. The molecule has 1 saturated heterocycles. The maximum absolute atomic E-state index is 13.3. The van der Waals surface area contributed by atoms with Gasteiger partial charge in [0.25, 0.3) is 5.91 Å². The zero-order chi connectivity index (χ0) is 17.6. The van der Waals surface area contributed by atoms with E-state index in [0.717, 1.165) is 23.4 Å². The smallest absolute Gasteiger partial charge is 0.251 e. The number of benzene rings is 2. The summed E-state index contributed by atoms with van der Waals surface area (Å²) < 4.78 is 24.0. The summed E-state index contributed by atoms with van der Waals surface area (Å²) in [4.78, 5) is 12.6. The first kappa shape index (κ1) is 17.4. The van der Waals surface area contributed by atoms with Gasteiger partial charge in [0, 0.05) is 13.1 Å². The van der Waals surface area contributed by atoms with Crippen molar-refractivity contribution in [2.45, 2.75) is 12.1 Å². The molecular formula is C19H21FN2O3. The highest BCUT2D eigenvalue weighted by Crippen LogP contribution is 2.25. The van der Waals surface area contributed by atoms with Crippen molar-refractivity contribution in [2.75, 3.05) is 26.8 Å². The Bertz CT molecular complexity index is 698. The quantitative estimate of drug-likeness (QED) is 0.871. The summed E-state index contributed by atoms with van der Waals surface area (Å²) in [5.74, 6) is 0.216. The van der Waals surface area contributed by atoms with Gasteiger partial charge in [-0.15, -0.1) is 0 Å². The molecule has 6 heteroatoms. The van der Waals surface area contributed by atoms with Crippen molar-refractivity contribution >= 4 is 5.91 Å². The number of halogens is 1. The fourth-order valence-electron chi connectivity index (χ4n) is 2.78. The third-order valence-corrected chi connectivity index (χ3v) is 4.16. The van der Waals surface area contributed by atoms with E-state index < -0.39 is 12.1 Å². The Morgan fingerprint density at radius 2 is 1.84 bits per heavy atom. The first-order chi connectivity index (χ1) is 12.2. The van der Waals surface area contributed by atoms with Crippen molar-refractivity contribution < 1.29 is 18.7 Å². The molecule has 2 aromatic rings. The van der Waals surface area contributed by atoms with Gasteiger partial charge in [0.15, 0.2) is 0 Å². The van der Waals surface area contributed by atoms with Crippen LogP contribution >= 0.6 is 0 Å². The second kappa shape index (κ2) is 8.09. The number of ether oxygens (including phenoxy) is 2. The molecule has 0 spiro atoms. The topological polar surface area (TPSA) is 59.6 Å². The molecule has 0 saturated carbocycles. The van der Waals surface area contributed by atoms with E-state index >= 15 is 0 Å². The highest BCUT2D eigenvalue weighted by atomic mass is 19.1. The Hall–Kier alpha value is -2.44. The molecule has 0 bridgehead atoms. The summed E-state index contributed by atoms with van der Waals surface area (Å²) in [5, 5.41) is 6.15. The van der Waals surface area contributed by atoms with Crippen molar-refractivity contribution in [3.05, 3.63) is 65.5 Å². The van der Waals surface area contributed by atoms with Crippen LogP contribution in [0.3, 0.4) is 0 Å². The average Bonchev–Trinajstić information content (AvgIpc) is 2.67. The molecule has 0 aromatic heterocycles. The lowest BCUT2D eigenvalue weighted by molar-refractivity contribution is -0.134. The Labute approximate surface area is 146 Å². The van der Waals surface area contributed by atoms with Gasteiger partial charge in [-0.1, -0.05) is 24.3 Å². The van der Waals surface area contributed by atoms with E-state index in [1.165, 1.54) is 12.1 Å². The lowest BCUT2D eigenvalue weighted by Crippen LogP contribution is -2.48. The van der Waals surface area contributed by atoms with E-state index in [4.69, 9.17) is 9.47 Å². The number of hydrogen-bond donors (Lipinski definition) is 2. The van der Waals surface area contributed by atoms with Gasteiger partial charge in [-0.05, 0) is 35.4 Å². The second-order valence-corrected chi connectivity index (χ2v) is 5.83. The number of methoxy groups -OCH3 is 1. The molecule has 2 atom stereocenters. The lowest BCUT2D eigenvalue weighted by Gasteiger charge is -2.26. The normalized spacial score (nSPS) is 18.4. The third-order valence-electron chi connectivity index (χ3n) is 4.16. The van der Waals surface area contributed by atoms with Crippen LogP contribution in [0.4, 0.5) is 4.39 Å². The number of carbonyl (C=O) groups excluding carboxylic acids is 1. The van der Waals surface area contributed by atoms with E-state index in [-0.39, 0.29) is 11.7 Å². The monoisotopic (exact) mass is 344 g/mol. The molecular weight excluding hydrogens is 323 g/mol. The minimum absolute atomic E-state index is 0.197. The van der Waals surface area contributed by atoms with Crippen LogP contribution in [0.25, 0.3) is 0 Å². The number of carbonyl (C=O) groups is 1. The third kappa shape index (κ3) is 4.35. The lowest BCUT2D eigenvalue weighted by atomic mass is 9.98. The summed E-state index contributed by atoms with van der Waals surface area (Å²) in [6.07, 6.45) is -0.532. The fraction of sp³-hybridized carbons (Fsp3) is 0.316. The van der Waals surface area contributed by atoms with Crippen LogP contribution in [0.1, 0.15) is 17.2 Å². The Morgan fingerprint density at radius 3 is 2.40 bits per heavy atom. The highest BCUT2D eigenvalue weighted by molar-refractivity contribution is 5.82. The molecule has 0 radical (unpaired) electrons. The zero-order valence-electron chi connectivity index (χ0n) is 14.0. The van der Waals surface area contributed by atoms with Gasteiger partial charge >= 0.3 is 0 Å². The largest absolute Gasteiger partial charge is 0.497 e. The van der Waals surface area contributed by atoms with Crippen molar-refractivity contribution in [3.63, 3.8) is 0 Å². The molecule has 1 aliphatic heterocycles. The SMILES string of the molecule is COc1ccc(C(NC(=O)C2CNCCO2)c2ccc(F)cc2)cc1. The Balaban J connectivity index is 1.85. The maximum Gasteiger partial charge on any atom is 0.251 e. The minimum atomic E-state index is -0.532. The first-order valence-electron chi connectivity index (χ1n) is 8.19. The van der Waals surface area contributed by atoms with Crippen LogP contribution in [-0.4, -0.2) is 38.8 Å². The van der Waals surface area contributed by atoms with E-state index in [1.807, 2.05) is 24.3 Å². The molecule has 1 fully saturated rings. The number of amides is 1. The predicted molar refractivity (Wildman–Crippen MR) is 92.0 cm³/mol. The molecule has 25 heavy (non-hydrogen) atoms. The number of rotatable bonds is 5. The molecule has 2 unspecified atom stereocenters. The summed E-state index contributed by atoms with van der Waals surface area (Å²) in [5.41, 5.74) is 1.67. The first-order valence-corrected chi connectivity index (χ1v) is 8.19. The van der Waals surface area contributed by atoms with Crippen molar-refractivity contribution in [1.82, 2.24) is 10.6 Å². The highest BCUT2D eigenvalue weighted by Gasteiger charge is 2.25. The van der Waals surface area contributed by atoms with Crippen LogP contribution < -0.4 is 15.4 Å². The average molecular weight is 344 g/mol. The molecule has 0 aliphatic carbocycles. The van der Waals surface area contributed by atoms with Gasteiger partial charge in [0.05, 0.1) is 19.8 Å². The van der Waals surface area contributed by atoms with Gasteiger partial charge in [0.2, 0.25) is 0 Å². The summed E-state index contributed by atoms with van der Waals surface area (Å²) in [6.45, 7) is 1.72. The maximum atomic E-state index is 13.3. The summed E-state index contributed by atoms with van der Waals surface area (Å²) in [6, 6.07) is 13.1. The summed E-state index contributed by atoms with van der Waals surface area (Å²) >= 11 is 0. The number of hydrogen-bond acceptors (Lipinski definition) is 4. The van der Waals surface area contributed by atoms with Gasteiger partial charge < -0.3 is 20.1 Å². The molecule has 1 amide bonds. The van der Waals surface area contributed by atoms with E-state index in [0.29, 0.717) is 13.2 Å².